The van der Waals surface area contributed by atoms with Crippen LogP contribution in [0.3, 0.4) is 0 Å². The molecule has 0 amide bonds. The van der Waals surface area contributed by atoms with Gasteiger partial charge in [0.2, 0.25) is 0 Å². The number of aryl methyl sites for hydroxylation is 2. The Balaban J connectivity index is 2.26. The van der Waals surface area contributed by atoms with Crippen molar-refractivity contribution < 1.29 is 4.74 Å². The SMILES string of the molecule is CNCc1cnc(C)cc1Oc1ccc(C)nc1. The summed E-state index contributed by atoms with van der Waals surface area (Å²) in [6.07, 6.45) is 3.57. The summed E-state index contributed by atoms with van der Waals surface area (Å²) in [5, 5.41) is 3.10. The molecule has 0 saturated carbocycles. The predicted octanol–water partition coefficient (Wildman–Crippen LogP) is 2.61. The minimum atomic E-state index is 0.724. The van der Waals surface area contributed by atoms with Crippen molar-refractivity contribution in [3.63, 3.8) is 0 Å². The lowest BCUT2D eigenvalue weighted by atomic mass is 10.2. The quantitative estimate of drug-likeness (QED) is 0.896. The predicted molar refractivity (Wildman–Crippen MR) is 70.8 cm³/mol. The fourth-order valence-electron chi connectivity index (χ4n) is 1.62. The molecule has 0 aliphatic rings. The maximum absolute atomic E-state index is 5.86. The highest BCUT2D eigenvalue weighted by Gasteiger charge is 2.06. The van der Waals surface area contributed by atoms with Crippen molar-refractivity contribution in [2.45, 2.75) is 20.4 Å². The number of ether oxygens (including phenoxy) is 1. The first-order valence-electron chi connectivity index (χ1n) is 5.89. The molecular formula is C14H17N3O. The molecule has 2 aromatic heterocycles. The van der Waals surface area contributed by atoms with Gasteiger partial charge < -0.3 is 10.1 Å². The Bertz CT molecular complexity index is 523. The van der Waals surface area contributed by atoms with Crippen LogP contribution in [0, 0.1) is 13.8 Å². The van der Waals surface area contributed by atoms with E-state index >= 15 is 0 Å². The van der Waals surface area contributed by atoms with Gasteiger partial charge >= 0.3 is 0 Å². The van der Waals surface area contributed by atoms with Crippen molar-refractivity contribution in [2.75, 3.05) is 7.05 Å². The summed E-state index contributed by atoms with van der Waals surface area (Å²) in [7, 11) is 1.90. The van der Waals surface area contributed by atoms with E-state index in [0.29, 0.717) is 0 Å². The Morgan fingerprint density at radius 1 is 1.11 bits per heavy atom. The number of nitrogens with zero attached hydrogens (tertiary/aromatic N) is 2. The lowest BCUT2D eigenvalue weighted by Crippen LogP contribution is -2.07. The van der Waals surface area contributed by atoms with E-state index in [2.05, 4.69) is 15.3 Å². The smallest absolute Gasteiger partial charge is 0.145 e. The van der Waals surface area contributed by atoms with Crippen molar-refractivity contribution in [3.8, 4) is 11.5 Å². The summed E-state index contributed by atoms with van der Waals surface area (Å²) in [6, 6.07) is 5.79. The number of aromatic nitrogens is 2. The molecule has 0 unspecified atom stereocenters. The Labute approximate surface area is 107 Å². The number of rotatable bonds is 4. The van der Waals surface area contributed by atoms with Gasteiger partial charge in [-0.05, 0) is 33.0 Å². The van der Waals surface area contributed by atoms with E-state index in [1.165, 1.54) is 0 Å². The second kappa shape index (κ2) is 5.60. The molecule has 0 aliphatic carbocycles. The van der Waals surface area contributed by atoms with Crippen LogP contribution in [0.1, 0.15) is 17.0 Å². The van der Waals surface area contributed by atoms with Gasteiger partial charge in [-0.2, -0.15) is 0 Å². The van der Waals surface area contributed by atoms with Crippen LogP contribution >= 0.6 is 0 Å². The Kier molecular flexibility index (Phi) is 3.89. The normalized spacial score (nSPS) is 10.4. The Hall–Kier alpha value is -1.94. The van der Waals surface area contributed by atoms with Gasteiger partial charge in [-0.3, -0.25) is 9.97 Å². The van der Waals surface area contributed by atoms with Gasteiger partial charge in [-0.25, -0.2) is 0 Å². The zero-order valence-corrected chi connectivity index (χ0v) is 10.9. The molecule has 18 heavy (non-hydrogen) atoms. The highest BCUT2D eigenvalue weighted by Crippen LogP contribution is 2.25. The molecule has 0 bridgehead atoms. The molecule has 2 heterocycles. The highest BCUT2D eigenvalue weighted by atomic mass is 16.5. The highest BCUT2D eigenvalue weighted by molar-refractivity contribution is 5.37. The monoisotopic (exact) mass is 243 g/mol. The van der Waals surface area contributed by atoms with E-state index in [0.717, 1.165) is 35.0 Å². The summed E-state index contributed by atoms with van der Waals surface area (Å²) < 4.78 is 5.86. The van der Waals surface area contributed by atoms with Crippen LogP contribution in [0.5, 0.6) is 11.5 Å². The minimum Gasteiger partial charge on any atom is -0.455 e. The van der Waals surface area contributed by atoms with E-state index < -0.39 is 0 Å². The van der Waals surface area contributed by atoms with Crippen LogP contribution < -0.4 is 10.1 Å². The van der Waals surface area contributed by atoms with Crippen molar-refractivity contribution in [1.29, 1.82) is 0 Å². The van der Waals surface area contributed by atoms with Gasteiger partial charge in [0.15, 0.2) is 0 Å². The van der Waals surface area contributed by atoms with Gasteiger partial charge in [0.25, 0.3) is 0 Å². The Morgan fingerprint density at radius 2 is 1.89 bits per heavy atom. The maximum Gasteiger partial charge on any atom is 0.145 e. The van der Waals surface area contributed by atoms with Crippen LogP contribution in [-0.4, -0.2) is 17.0 Å². The van der Waals surface area contributed by atoms with Crippen LogP contribution in [-0.2, 0) is 6.54 Å². The summed E-state index contributed by atoms with van der Waals surface area (Å²) in [5.74, 6) is 1.56. The summed E-state index contributed by atoms with van der Waals surface area (Å²) in [4.78, 5) is 8.50. The molecule has 2 rings (SSSR count). The molecule has 0 fully saturated rings. The number of nitrogens with one attached hydrogen (secondary N) is 1. The van der Waals surface area contributed by atoms with E-state index in [9.17, 15) is 0 Å². The molecule has 0 radical (unpaired) electrons. The van der Waals surface area contributed by atoms with Gasteiger partial charge in [0.05, 0.1) is 6.20 Å². The lowest BCUT2D eigenvalue weighted by molar-refractivity contribution is 0.470. The first kappa shape index (κ1) is 12.5. The zero-order chi connectivity index (χ0) is 13.0. The van der Waals surface area contributed by atoms with Crippen molar-refractivity contribution in [2.24, 2.45) is 0 Å². The molecule has 4 nitrogen and oxygen atoms in total. The maximum atomic E-state index is 5.86. The molecule has 0 atom stereocenters. The van der Waals surface area contributed by atoms with Crippen molar-refractivity contribution >= 4 is 0 Å². The van der Waals surface area contributed by atoms with Gasteiger partial charge in [-0.15, -0.1) is 0 Å². The third kappa shape index (κ3) is 3.05. The fourth-order valence-corrected chi connectivity index (χ4v) is 1.62. The molecule has 1 N–H and O–H groups in total. The van der Waals surface area contributed by atoms with E-state index in [-0.39, 0.29) is 0 Å². The fraction of sp³-hybridized carbons (Fsp3) is 0.286. The summed E-state index contributed by atoms with van der Waals surface area (Å²) >= 11 is 0. The molecule has 0 saturated heterocycles. The van der Waals surface area contributed by atoms with Crippen molar-refractivity contribution in [1.82, 2.24) is 15.3 Å². The lowest BCUT2D eigenvalue weighted by Gasteiger charge is -2.11. The average Bonchev–Trinajstić information content (AvgIpc) is 2.36. The van der Waals surface area contributed by atoms with Crippen molar-refractivity contribution in [3.05, 3.63) is 47.5 Å². The van der Waals surface area contributed by atoms with E-state index in [1.54, 1.807) is 6.20 Å². The second-order valence-corrected chi connectivity index (χ2v) is 4.20. The third-order valence-electron chi connectivity index (χ3n) is 2.56. The van der Waals surface area contributed by atoms with Gasteiger partial charge in [0.1, 0.15) is 11.5 Å². The number of hydrogen-bond acceptors (Lipinski definition) is 4. The molecular weight excluding hydrogens is 226 g/mol. The Morgan fingerprint density at radius 3 is 2.56 bits per heavy atom. The summed E-state index contributed by atoms with van der Waals surface area (Å²) in [5.41, 5.74) is 2.94. The van der Waals surface area contributed by atoms with Crippen LogP contribution in [0.15, 0.2) is 30.6 Å². The zero-order valence-electron chi connectivity index (χ0n) is 10.9. The molecule has 0 aromatic carbocycles. The molecule has 4 heteroatoms. The van der Waals surface area contributed by atoms with Gasteiger partial charge in [0, 0.05) is 35.8 Å². The topological polar surface area (TPSA) is 47.0 Å². The van der Waals surface area contributed by atoms with Crippen LogP contribution in [0.2, 0.25) is 0 Å². The summed E-state index contributed by atoms with van der Waals surface area (Å²) in [6.45, 7) is 4.62. The van der Waals surface area contributed by atoms with Gasteiger partial charge in [-0.1, -0.05) is 0 Å². The third-order valence-corrected chi connectivity index (χ3v) is 2.56. The number of hydrogen-bond donors (Lipinski definition) is 1. The standard InChI is InChI=1S/C14H17N3O/c1-10-4-5-13(9-17-10)18-14-6-11(2)16-8-12(14)7-15-3/h4-6,8-9,15H,7H2,1-3H3. The number of pyridine rings is 2. The molecule has 0 aliphatic heterocycles. The van der Waals surface area contributed by atoms with E-state index in [1.807, 2.05) is 45.3 Å². The first-order chi connectivity index (χ1) is 8.69. The molecule has 0 spiro atoms. The largest absolute Gasteiger partial charge is 0.455 e. The molecule has 94 valence electrons. The average molecular weight is 243 g/mol. The van der Waals surface area contributed by atoms with Crippen LogP contribution in [0.4, 0.5) is 0 Å². The molecule has 2 aromatic rings. The van der Waals surface area contributed by atoms with Crippen LogP contribution in [0.25, 0.3) is 0 Å². The second-order valence-electron chi connectivity index (χ2n) is 4.20. The first-order valence-corrected chi connectivity index (χ1v) is 5.89. The van der Waals surface area contributed by atoms with E-state index in [4.69, 9.17) is 4.74 Å². The minimum absolute atomic E-state index is 0.724.